The Kier molecular flexibility index (Phi) is 9.95. The average Bonchev–Trinajstić information content (AvgIpc) is 3.60. The number of nitrogens with one attached hydrogen (secondary N) is 2. The monoisotopic (exact) mass is 582 g/mol. The second kappa shape index (κ2) is 13.6. The molecule has 9 nitrogen and oxygen atoms in total. The Morgan fingerprint density at radius 3 is 2.59 bits per heavy atom. The Labute approximate surface area is 242 Å². The number of allylic oxidation sites excluding steroid dienone is 4. The van der Waals surface area contributed by atoms with Crippen LogP contribution in [-0.4, -0.2) is 65.2 Å². The fraction of sp³-hybridized carbons (Fsp3) is 0.367. The lowest BCUT2D eigenvalue weighted by atomic mass is 9.93. The van der Waals surface area contributed by atoms with Crippen molar-refractivity contribution in [1.29, 1.82) is 0 Å². The van der Waals surface area contributed by atoms with Crippen molar-refractivity contribution in [2.24, 2.45) is 0 Å². The van der Waals surface area contributed by atoms with Gasteiger partial charge in [0.25, 0.3) is 0 Å². The molecule has 0 saturated heterocycles. The first-order valence-corrected chi connectivity index (χ1v) is 14.2. The maximum atomic E-state index is 13.8. The minimum Gasteiger partial charge on any atom is -0.493 e. The SMILES string of the molecule is COc1ccc(C(CCO)C(=O)N(CC(=O)Nc2[nH]c(-c3ccc(F)s3)nc2C2=CC=CCC2)C(C)C)cc1OC. The highest BCUT2D eigenvalue weighted by atomic mass is 32.1. The molecule has 0 spiro atoms. The number of aromatic amines is 1. The van der Waals surface area contributed by atoms with Gasteiger partial charge in [0.15, 0.2) is 16.6 Å². The zero-order chi connectivity index (χ0) is 29.5. The summed E-state index contributed by atoms with van der Waals surface area (Å²) >= 11 is 0.961. The molecule has 0 radical (unpaired) electrons. The number of aliphatic hydroxyl groups is 1. The first kappa shape index (κ1) is 30.0. The summed E-state index contributed by atoms with van der Waals surface area (Å²) in [7, 11) is 3.04. The smallest absolute Gasteiger partial charge is 0.245 e. The Morgan fingerprint density at radius 2 is 1.98 bits per heavy atom. The van der Waals surface area contributed by atoms with E-state index < -0.39 is 11.8 Å². The fourth-order valence-corrected chi connectivity index (χ4v) is 5.41. The molecule has 1 unspecified atom stereocenters. The van der Waals surface area contributed by atoms with Gasteiger partial charge in [-0.05, 0) is 68.5 Å². The molecule has 218 valence electrons. The highest BCUT2D eigenvalue weighted by Gasteiger charge is 2.30. The molecule has 1 aliphatic rings. The number of carbonyl (C=O) groups is 2. The van der Waals surface area contributed by atoms with Gasteiger partial charge in [-0.3, -0.25) is 9.59 Å². The number of benzene rings is 1. The van der Waals surface area contributed by atoms with Crippen molar-refractivity contribution in [2.75, 3.05) is 32.7 Å². The van der Waals surface area contributed by atoms with E-state index in [2.05, 4.69) is 21.4 Å². The van der Waals surface area contributed by atoms with Gasteiger partial charge in [0.2, 0.25) is 11.8 Å². The van der Waals surface area contributed by atoms with Crippen molar-refractivity contribution in [3.05, 3.63) is 64.9 Å². The molecule has 0 saturated carbocycles. The number of amides is 2. The Bertz CT molecular complexity index is 1440. The third-order valence-electron chi connectivity index (χ3n) is 6.84. The molecule has 0 aliphatic heterocycles. The van der Waals surface area contributed by atoms with Crippen LogP contribution in [0, 0.1) is 5.13 Å². The second-order valence-corrected chi connectivity index (χ2v) is 10.9. The third-order valence-corrected chi connectivity index (χ3v) is 7.72. The van der Waals surface area contributed by atoms with E-state index in [9.17, 15) is 19.1 Å². The van der Waals surface area contributed by atoms with E-state index in [1.54, 1.807) is 24.3 Å². The van der Waals surface area contributed by atoms with Gasteiger partial charge in [0.1, 0.15) is 23.9 Å². The third kappa shape index (κ3) is 7.04. The largest absolute Gasteiger partial charge is 0.493 e. The molecule has 2 amide bonds. The van der Waals surface area contributed by atoms with Gasteiger partial charge >= 0.3 is 0 Å². The zero-order valence-electron chi connectivity index (χ0n) is 23.6. The minimum atomic E-state index is -0.697. The van der Waals surface area contributed by atoms with Crippen LogP contribution < -0.4 is 14.8 Å². The van der Waals surface area contributed by atoms with Gasteiger partial charge < -0.3 is 29.8 Å². The summed E-state index contributed by atoms with van der Waals surface area (Å²) < 4.78 is 24.4. The molecular weight excluding hydrogens is 547 g/mol. The number of thiophene rings is 1. The molecule has 1 aliphatic carbocycles. The molecular formula is C30H35FN4O5S. The van der Waals surface area contributed by atoms with Crippen LogP contribution in [0.2, 0.25) is 0 Å². The number of hydrogen-bond acceptors (Lipinski definition) is 7. The molecule has 2 aromatic heterocycles. The van der Waals surface area contributed by atoms with Crippen LogP contribution >= 0.6 is 11.3 Å². The normalized spacial score (nSPS) is 13.6. The van der Waals surface area contributed by atoms with E-state index in [-0.39, 0.29) is 36.7 Å². The molecule has 1 aromatic carbocycles. The molecule has 3 N–H and O–H groups in total. The highest BCUT2D eigenvalue weighted by molar-refractivity contribution is 7.13. The van der Waals surface area contributed by atoms with E-state index in [4.69, 9.17) is 9.47 Å². The summed E-state index contributed by atoms with van der Waals surface area (Å²) in [6, 6.07) is 7.90. The number of methoxy groups -OCH3 is 2. The van der Waals surface area contributed by atoms with Crippen molar-refractivity contribution in [2.45, 2.75) is 45.1 Å². The van der Waals surface area contributed by atoms with Crippen LogP contribution in [0.25, 0.3) is 16.3 Å². The van der Waals surface area contributed by atoms with Gasteiger partial charge in [0.05, 0.1) is 25.0 Å². The van der Waals surface area contributed by atoms with Crippen LogP contribution in [-0.2, 0) is 9.59 Å². The number of H-pyrrole nitrogens is 1. The number of hydrogen-bond donors (Lipinski definition) is 3. The lowest BCUT2D eigenvalue weighted by Crippen LogP contribution is -2.45. The summed E-state index contributed by atoms with van der Waals surface area (Å²) in [5.74, 6) is 0.428. The Hall–Kier alpha value is -3.96. The summed E-state index contributed by atoms with van der Waals surface area (Å²) in [4.78, 5) is 37.1. The Morgan fingerprint density at radius 1 is 1.20 bits per heavy atom. The molecule has 2 heterocycles. The summed E-state index contributed by atoms with van der Waals surface area (Å²) in [5, 5.41) is 12.3. The maximum Gasteiger partial charge on any atom is 0.245 e. The summed E-state index contributed by atoms with van der Waals surface area (Å²) in [5.41, 5.74) is 2.17. The lowest BCUT2D eigenvalue weighted by Gasteiger charge is -2.30. The number of ether oxygens (including phenoxy) is 2. The van der Waals surface area contributed by atoms with Gasteiger partial charge in [-0.2, -0.15) is 4.39 Å². The van der Waals surface area contributed by atoms with Gasteiger partial charge in [-0.25, -0.2) is 4.98 Å². The fourth-order valence-electron chi connectivity index (χ4n) is 4.73. The van der Waals surface area contributed by atoms with Crippen LogP contribution in [0.15, 0.2) is 48.6 Å². The molecule has 11 heteroatoms. The number of imidazole rings is 1. The molecule has 0 fully saturated rings. The van der Waals surface area contributed by atoms with Crippen molar-refractivity contribution in [3.8, 4) is 22.2 Å². The minimum absolute atomic E-state index is 0.173. The van der Waals surface area contributed by atoms with Crippen LogP contribution in [0.3, 0.4) is 0 Å². The molecule has 0 bridgehead atoms. The summed E-state index contributed by atoms with van der Waals surface area (Å²) in [6.07, 6.45) is 7.70. The van der Waals surface area contributed by atoms with Crippen LogP contribution in [0.1, 0.15) is 50.3 Å². The number of aromatic nitrogens is 2. The number of nitrogens with zero attached hydrogens (tertiary/aromatic N) is 2. The predicted octanol–water partition coefficient (Wildman–Crippen LogP) is 5.37. The maximum absolute atomic E-state index is 13.8. The van der Waals surface area contributed by atoms with E-state index in [0.717, 1.165) is 29.8 Å². The molecule has 1 atom stereocenters. The lowest BCUT2D eigenvalue weighted by molar-refractivity contribution is -0.138. The number of halogens is 1. The van der Waals surface area contributed by atoms with E-state index in [0.29, 0.717) is 39.3 Å². The Balaban J connectivity index is 1.59. The quantitative estimate of drug-likeness (QED) is 0.264. The highest BCUT2D eigenvalue weighted by Crippen LogP contribution is 2.34. The molecule has 3 aromatic rings. The van der Waals surface area contributed by atoms with Gasteiger partial charge in [-0.1, -0.05) is 24.3 Å². The van der Waals surface area contributed by atoms with Gasteiger partial charge in [0, 0.05) is 12.6 Å². The summed E-state index contributed by atoms with van der Waals surface area (Å²) in [6.45, 7) is 3.24. The number of anilines is 1. The van der Waals surface area contributed by atoms with E-state index in [1.807, 2.05) is 26.0 Å². The molecule has 4 rings (SSSR count). The van der Waals surface area contributed by atoms with E-state index in [1.165, 1.54) is 25.2 Å². The van der Waals surface area contributed by atoms with Crippen molar-refractivity contribution in [3.63, 3.8) is 0 Å². The van der Waals surface area contributed by atoms with Crippen LogP contribution in [0.5, 0.6) is 11.5 Å². The number of carbonyl (C=O) groups excluding carboxylic acids is 2. The first-order valence-electron chi connectivity index (χ1n) is 13.4. The van der Waals surface area contributed by atoms with Gasteiger partial charge in [-0.15, -0.1) is 11.3 Å². The average molecular weight is 583 g/mol. The van der Waals surface area contributed by atoms with Crippen LogP contribution in [0.4, 0.5) is 10.2 Å². The zero-order valence-corrected chi connectivity index (χ0v) is 24.4. The van der Waals surface area contributed by atoms with Crippen molar-refractivity contribution >= 4 is 34.5 Å². The second-order valence-electron chi connectivity index (χ2n) is 9.86. The van der Waals surface area contributed by atoms with Crippen molar-refractivity contribution in [1.82, 2.24) is 14.9 Å². The van der Waals surface area contributed by atoms with E-state index >= 15 is 0 Å². The first-order chi connectivity index (χ1) is 19.7. The molecule has 41 heavy (non-hydrogen) atoms. The predicted molar refractivity (Wildman–Crippen MR) is 158 cm³/mol. The number of rotatable bonds is 12. The standard InChI is InChI=1S/C30H35FN4O5S/c1-18(2)35(30(38)21(14-15-36)20-10-11-22(39-3)23(16-20)40-4)17-26(37)32-29-27(19-8-6-5-7-9-19)33-28(34-29)24-12-13-25(31)41-24/h5-6,8,10-13,16,18,21,36H,7,9,14-15,17H2,1-4H3,(H,32,37)(H,33,34). The van der Waals surface area contributed by atoms with Crippen molar-refractivity contribution < 1.29 is 28.6 Å². The topological polar surface area (TPSA) is 117 Å². The number of aliphatic hydroxyl groups excluding tert-OH is 1.